The van der Waals surface area contributed by atoms with Crippen molar-refractivity contribution in [3.8, 4) is 0 Å². The molecule has 0 radical (unpaired) electrons. The number of aryl methyl sites for hydroxylation is 1. The highest BCUT2D eigenvalue weighted by Gasteiger charge is 2.28. The Labute approximate surface area is 140 Å². The molecule has 0 unspecified atom stereocenters. The molecule has 2 aromatic rings. The number of aromatic nitrogens is 2. The highest BCUT2D eigenvalue weighted by atomic mass is 19.1. The van der Waals surface area contributed by atoms with Gasteiger partial charge in [-0.3, -0.25) is 0 Å². The molecule has 24 heavy (non-hydrogen) atoms. The number of benzene rings is 1. The van der Waals surface area contributed by atoms with Crippen molar-refractivity contribution in [2.24, 2.45) is 7.05 Å². The molecule has 2 heterocycles. The molecule has 128 valence electrons. The largest absolute Gasteiger partial charge is 0.377 e. The van der Waals surface area contributed by atoms with Crippen LogP contribution in [0.25, 0.3) is 0 Å². The Morgan fingerprint density at radius 3 is 2.79 bits per heavy atom. The quantitative estimate of drug-likeness (QED) is 0.936. The number of morpholine rings is 1. The van der Waals surface area contributed by atoms with Crippen molar-refractivity contribution in [1.29, 1.82) is 0 Å². The van der Waals surface area contributed by atoms with Crippen molar-refractivity contribution in [3.63, 3.8) is 0 Å². The van der Waals surface area contributed by atoms with Crippen molar-refractivity contribution < 1.29 is 13.9 Å². The average molecular weight is 332 g/mol. The number of carbonyl (C=O) groups excluding carboxylic acids is 1. The van der Waals surface area contributed by atoms with Gasteiger partial charge < -0.3 is 19.5 Å². The van der Waals surface area contributed by atoms with Crippen LogP contribution in [0.2, 0.25) is 0 Å². The molecule has 0 bridgehead atoms. The molecular formula is C17H21FN4O2. The van der Waals surface area contributed by atoms with E-state index in [1.807, 2.05) is 24.7 Å². The summed E-state index contributed by atoms with van der Waals surface area (Å²) < 4.78 is 20.5. The van der Waals surface area contributed by atoms with E-state index in [0.29, 0.717) is 25.6 Å². The van der Waals surface area contributed by atoms with E-state index in [4.69, 9.17) is 4.74 Å². The molecule has 1 aliphatic rings. The molecule has 1 aromatic heterocycles. The highest BCUT2D eigenvalue weighted by Crippen LogP contribution is 2.21. The predicted molar refractivity (Wildman–Crippen MR) is 87.0 cm³/mol. The number of halogens is 1. The van der Waals surface area contributed by atoms with Gasteiger partial charge in [-0.25, -0.2) is 14.2 Å². The number of ether oxygens (including phenoxy) is 1. The fraction of sp³-hybridized carbons (Fsp3) is 0.412. The SMILES string of the molecule is C[C@@H]1COCCN1C(=O)N[C@@H](c1ccc(F)cc1)c1nccn1C. The van der Waals surface area contributed by atoms with Gasteiger partial charge in [-0.1, -0.05) is 12.1 Å². The van der Waals surface area contributed by atoms with Gasteiger partial charge in [0.15, 0.2) is 0 Å². The number of urea groups is 1. The van der Waals surface area contributed by atoms with Gasteiger partial charge >= 0.3 is 6.03 Å². The van der Waals surface area contributed by atoms with Gasteiger partial charge in [0.05, 0.1) is 19.3 Å². The van der Waals surface area contributed by atoms with Gasteiger partial charge in [-0.05, 0) is 24.6 Å². The van der Waals surface area contributed by atoms with E-state index in [9.17, 15) is 9.18 Å². The summed E-state index contributed by atoms with van der Waals surface area (Å²) in [6, 6.07) is 5.48. The van der Waals surface area contributed by atoms with E-state index in [-0.39, 0.29) is 17.9 Å². The molecule has 1 saturated heterocycles. The zero-order valence-electron chi connectivity index (χ0n) is 13.8. The second-order valence-electron chi connectivity index (χ2n) is 5.95. The Morgan fingerprint density at radius 2 is 2.17 bits per heavy atom. The molecule has 2 atom stereocenters. The zero-order valence-corrected chi connectivity index (χ0v) is 13.8. The van der Waals surface area contributed by atoms with Crippen LogP contribution in [0, 0.1) is 5.82 Å². The van der Waals surface area contributed by atoms with E-state index in [1.165, 1.54) is 12.1 Å². The average Bonchev–Trinajstić information content (AvgIpc) is 2.99. The lowest BCUT2D eigenvalue weighted by atomic mass is 10.1. The van der Waals surface area contributed by atoms with Gasteiger partial charge in [-0.2, -0.15) is 0 Å². The third-order valence-corrected chi connectivity index (χ3v) is 4.22. The zero-order chi connectivity index (χ0) is 17.1. The van der Waals surface area contributed by atoms with Gasteiger partial charge in [0, 0.05) is 26.0 Å². The number of amides is 2. The monoisotopic (exact) mass is 332 g/mol. The summed E-state index contributed by atoms with van der Waals surface area (Å²) >= 11 is 0. The molecule has 1 N–H and O–H groups in total. The van der Waals surface area contributed by atoms with Gasteiger partial charge in [0.25, 0.3) is 0 Å². The Balaban J connectivity index is 1.86. The minimum Gasteiger partial charge on any atom is -0.377 e. The molecule has 1 aromatic carbocycles. The molecule has 2 amide bonds. The maximum Gasteiger partial charge on any atom is 0.318 e. The third kappa shape index (κ3) is 3.41. The van der Waals surface area contributed by atoms with Gasteiger partial charge in [0.2, 0.25) is 0 Å². The Hall–Kier alpha value is -2.41. The lowest BCUT2D eigenvalue weighted by Crippen LogP contribution is -2.52. The first-order chi connectivity index (χ1) is 11.6. The molecule has 0 saturated carbocycles. The van der Waals surface area contributed by atoms with Crippen molar-refractivity contribution in [2.75, 3.05) is 19.8 Å². The molecule has 6 nitrogen and oxygen atoms in total. The number of hydrogen-bond donors (Lipinski definition) is 1. The third-order valence-electron chi connectivity index (χ3n) is 4.22. The highest BCUT2D eigenvalue weighted by molar-refractivity contribution is 5.75. The summed E-state index contributed by atoms with van der Waals surface area (Å²) in [6.45, 7) is 3.55. The topological polar surface area (TPSA) is 59.4 Å². The van der Waals surface area contributed by atoms with Crippen LogP contribution >= 0.6 is 0 Å². The lowest BCUT2D eigenvalue weighted by Gasteiger charge is -2.34. The van der Waals surface area contributed by atoms with Crippen molar-refractivity contribution in [2.45, 2.75) is 19.0 Å². The molecule has 1 fully saturated rings. The van der Waals surface area contributed by atoms with Crippen LogP contribution in [-0.2, 0) is 11.8 Å². The summed E-state index contributed by atoms with van der Waals surface area (Å²) in [5, 5.41) is 3.02. The molecule has 0 spiro atoms. The normalized spacial score (nSPS) is 19.1. The first-order valence-electron chi connectivity index (χ1n) is 7.94. The maximum absolute atomic E-state index is 13.2. The van der Waals surface area contributed by atoms with Crippen LogP contribution in [0.3, 0.4) is 0 Å². The second kappa shape index (κ2) is 7.00. The number of imidazole rings is 1. The van der Waals surface area contributed by atoms with Gasteiger partial charge in [-0.15, -0.1) is 0 Å². The summed E-state index contributed by atoms with van der Waals surface area (Å²) in [6.07, 6.45) is 3.49. The molecule has 7 heteroatoms. The first kappa shape index (κ1) is 16.4. The van der Waals surface area contributed by atoms with Crippen LogP contribution in [-0.4, -0.2) is 46.3 Å². The maximum atomic E-state index is 13.2. The fourth-order valence-electron chi connectivity index (χ4n) is 2.84. The minimum atomic E-state index is -0.451. The Bertz CT molecular complexity index is 701. The van der Waals surface area contributed by atoms with E-state index in [2.05, 4.69) is 10.3 Å². The Kier molecular flexibility index (Phi) is 4.80. The van der Waals surface area contributed by atoms with E-state index in [1.54, 1.807) is 23.2 Å². The van der Waals surface area contributed by atoms with E-state index >= 15 is 0 Å². The number of nitrogens with one attached hydrogen (secondary N) is 1. The molecular weight excluding hydrogens is 311 g/mol. The number of nitrogens with zero attached hydrogens (tertiary/aromatic N) is 3. The van der Waals surface area contributed by atoms with Crippen LogP contribution < -0.4 is 5.32 Å². The lowest BCUT2D eigenvalue weighted by molar-refractivity contribution is 0.0186. The summed E-state index contributed by atoms with van der Waals surface area (Å²) in [5.41, 5.74) is 0.778. The van der Waals surface area contributed by atoms with Crippen molar-refractivity contribution in [3.05, 3.63) is 53.9 Å². The summed E-state index contributed by atoms with van der Waals surface area (Å²) in [4.78, 5) is 18.8. The van der Waals surface area contributed by atoms with E-state index < -0.39 is 6.04 Å². The second-order valence-corrected chi connectivity index (χ2v) is 5.95. The minimum absolute atomic E-state index is 0.00832. The summed E-state index contributed by atoms with van der Waals surface area (Å²) in [7, 11) is 1.86. The standard InChI is InChI=1S/C17H21FN4O2/c1-12-11-24-10-9-22(12)17(23)20-15(16-19-7-8-21(16)2)13-3-5-14(18)6-4-13/h3-8,12,15H,9-11H2,1-2H3,(H,20,23)/t12-,15+/m1/s1. The van der Waals surface area contributed by atoms with Crippen molar-refractivity contribution >= 4 is 6.03 Å². The number of carbonyl (C=O) groups is 1. The van der Waals surface area contributed by atoms with Crippen LogP contribution in [0.1, 0.15) is 24.4 Å². The first-order valence-corrected chi connectivity index (χ1v) is 7.94. The summed E-state index contributed by atoms with van der Waals surface area (Å²) in [5.74, 6) is 0.376. The smallest absolute Gasteiger partial charge is 0.318 e. The fourth-order valence-corrected chi connectivity index (χ4v) is 2.84. The molecule has 0 aliphatic carbocycles. The van der Waals surface area contributed by atoms with Crippen molar-refractivity contribution in [1.82, 2.24) is 19.8 Å². The van der Waals surface area contributed by atoms with Crippen LogP contribution in [0.5, 0.6) is 0 Å². The van der Waals surface area contributed by atoms with Crippen LogP contribution in [0.15, 0.2) is 36.7 Å². The van der Waals surface area contributed by atoms with E-state index in [0.717, 1.165) is 5.56 Å². The number of hydrogen-bond acceptors (Lipinski definition) is 3. The predicted octanol–water partition coefficient (Wildman–Crippen LogP) is 2.08. The van der Waals surface area contributed by atoms with Crippen LogP contribution in [0.4, 0.5) is 9.18 Å². The number of rotatable bonds is 3. The molecule has 1 aliphatic heterocycles. The molecule has 3 rings (SSSR count). The van der Waals surface area contributed by atoms with Gasteiger partial charge in [0.1, 0.15) is 17.7 Å². The Morgan fingerprint density at radius 1 is 1.42 bits per heavy atom.